The smallest absolute Gasteiger partial charge is 0.382 e. The van der Waals surface area contributed by atoms with Crippen LogP contribution in [0.5, 0.6) is 0 Å². The third kappa shape index (κ3) is 11.0. The topological polar surface area (TPSA) is 38.8 Å². The molecule has 1 amide bonds. The van der Waals surface area contributed by atoms with Gasteiger partial charge in [-0.05, 0) is 34.1 Å². The zero-order valence-corrected chi connectivity index (χ0v) is 12.5. The lowest BCUT2D eigenvalue weighted by atomic mass is 10.2. The third-order valence-corrected chi connectivity index (χ3v) is 2.27. The molecule has 0 aromatic carbocycles. The van der Waals surface area contributed by atoms with Crippen LogP contribution in [0, 0.1) is 0 Å². The number of ether oxygens (including phenoxy) is 2. The fraction of sp³-hybridized carbons (Fsp3) is 0.923. The maximum absolute atomic E-state index is 12.4. The Bertz CT molecular complexity index is 288. The minimum absolute atomic E-state index is 0.00580. The van der Waals surface area contributed by atoms with Gasteiger partial charge >= 0.3 is 6.18 Å². The molecule has 7 heteroatoms. The predicted molar refractivity (Wildman–Crippen MR) is 69.5 cm³/mol. The van der Waals surface area contributed by atoms with Crippen LogP contribution < -0.4 is 0 Å². The zero-order valence-electron chi connectivity index (χ0n) is 12.5. The van der Waals surface area contributed by atoms with E-state index in [0.29, 0.717) is 19.6 Å². The van der Waals surface area contributed by atoms with Crippen LogP contribution in [0.1, 0.15) is 34.1 Å². The van der Waals surface area contributed by atoms with Gasteiger partial charge in [-0.3, -0.25) is 4.79 Å². The molecule has 0 aliphatic carbocycles. The fourth-order valence-corrected chi connectivity index (χ4v) is 1.38. The van der Waals surface area contributed by atoms with E-state index >= 15 is 0 Å². The predicted octanol–water partition coefficient (Wildman–Crippen LogP) is 2.62. The highest BCUT2D eigenvalue weighted by molar-refractivity contribution is 5.77. The molecule has 0 aliphatic heterocycles. The lowest BCUT2D eigenvalue weighted by Gasteiger charge is -2.26. The lowest BCUT2D eigenvalue weighted by molar-refractivity contribution is -0.166. The van der Waals surface area contributed by atoms with E-state index < -0.39 is 24.2 Å². The third-order valence-electron chi connectivity index (χ3n) is 2.27. The monoisotopic (exact) mass is 299 g/mol. The molecule has 0 rings (SSSR count). The summed E-state index contributed by atoms with van der Waals surface area (Å²) in [5, 5.41) is 0. The molecular weight excluding hydrogens is 275 g/mol. The van der Waals surface area contributed by atoms with Crippen LogP contribution >= 0.6 is 0 Å². The van der Waals surface area contributed by atoms with Crippen LogP contribution in [-0.2, 0) is 14.3 Å². The molecule has 0 aliphatic rings. The van der Waals surface area contributed by atoms with Crippen molar-refractivity contribution in [3.05, 3.63) is 0 Å². The molecular formula is C13H24F3NO3. The van der Waals surface area contributed by atoms with Crippen molar-refractivity contribution in [2.75, 3.05) is 32.9 Å². The van der Waals surface area contributed by atoms with Crippen molar-refractivity contribution in [3.8, 4) is 0 Å². The van der Waals surface area contributed by atoms with Gasteiger partial charge in [0.15, 0.2) is 0 Å². The number of rotatable bonds is 8. The highest BCUT2D eigenvalue weighted by Gasteiger charge is 2.33. The molecule has 120 valence electrons. The molecule has 0 fully saturated rings. The Kier molecular flexibility index (Phi) is 8.12. The van der Waals surface area contributed by atoms with Gasteiger partial charge in [-0.2, -0.15) is 13.2 Å². The minimum atomic E-state index is -4.41. The summed E-state index contributed by atoms with van der Waals surface area (Å²) in [6.07, 6.45) is -4.05. The van der Waals surface area contributed by atoms with Crippen LogP contribution in [0.2, 0.25) is 0 Å². The van der Waals surface area contributed by atoms with Gasteiger partial charge in [-0.1, -0.05) is 0 Å². The first-order chi connectivity index (χ1) is 9.05. The first-order valence-electron chi connectivity index (χ1n) is 6.61. The molecule has 0 N–H and O–H groups in total. The molecule has 0 aromatic rings. The summed E-state index contributed by atoms with van der Waals surface area (Å²) < 4.78 is 47.6. The Morgan fingerprint density at radius 3 is 2.25 bits per heavy atom. The van der Waals surface area contributed by atoms with E-state index in [0.717, 1.165) is 4.90 Å². The number of hydrogen-bond acceptors (Lipinski definition) is 3. The lowest BCUT2D eigenvalue weighted by Crippen LogP contribution is -2.42. The maximum atomic E-state index is 12.4. The van der Waals surface area contributed by atoms with E-state index in [2.05, 4.69) is 0 Å². The van der Waals surface area contributed by atoms with Crippen LogP contribution in [0.4, 0.5) is 13.2 Å². The summed E-state index contributed by atoms with van der Waals surface area (Å²) in [5.41, 5.74) is -0.565. The normalized spacial score (nSPS) is 12.6. The largest absolute Gasteiger partial charge is 0.406 e. The quantitative estimate of drug-likeness (QED) is 0.647. The van der Waals surface area contributed by atoms with Gasteiger partial charge in [0.25, 0.3) is 0 Å². The van der Waals surface area contributed by atoms with Crippen LogP contribution in [0.15, 0.2) is 0 Å². The standard InChI is InChI=1S/C13H24F3NO3/c1-5-19-8-6-7-17(10-13(14,15)16)11(18)9-20-12(2,3)4/h5-10H2,1-4H3. The number of alkyl halides is 3. The summed E-state index contributed by atoms with van der Waals surface area (Å²) in [7, 11) is 0. The van der Waals surface area contributed by atoms with Gasteiger partial charge in [0.1, 0.15) is 13.2 Å². The summed E-state index contributed by atoms with van der Waals surface area (Å²) in [4.78, 5) is 12.6. The van der Waals surface area contributed by atoms with Crippen molar-refractivity contribution in [1.29, 1.82) is 0 Å². The molecule has 0 bridgehead atoms. The maximum Gasteiger partial charge on any atom is 0.406 e. The van der Waals surface area contributed by atoms with Crippen molar-refractivity contribution in [2.24, 2.45) is 0 Å². The number of hydrogen-bond donors (Lipinski definition) is 0. The fourth-order valence-electron chi connectivity index (χ4n) is 1.38. The SMILES string of the molecule is CCOCCCN(CC(F)(F)F)C(=O)COC(C)(C)C. The molecule has 0 heterocycles. The molecule has 0 spiro atoms. The van der Waals surface area contributed by atoms with Crippen LogP contribution in [-0.4, -0.2) is 55.5 Å². The summed E-state index contributed by atoms with van der Waals surface area (Å²) >= 11 is 0. The van der Waals surface area contributed by atoms with Crippen molar-refractivity contribution in [2.45, 2.75) is 45.9 Å². The average Bonchev–Trinajstić information content (AvgIpc) is 2.27. The number of carbonyl (C=O) groups is 1. The first-order valence-corrected chi connectivity index (χ1v) is 6.61. The van der Waals surface area contributed by atoms with Gasteiger partial charge in [0.05, 0.1) is 5.60 Å². The number of halogens is 3. The molecule has 0 aromatic heterocycles. The summed E-state index contributed by atoms with van der Waals surface area (Å²) in [6, 6.07) is 0. The van der Waals surface area contributed by atoms with Crippen molar-refractivity contribution in [3.63, 3.8) is 0 Å². The number of nitrogens with zero attached hydrogens (tertiary/aromatic N) is 1. The van der Waals surface area contributed by atoms with E-state index in [1.807, 2.05) is 0 Å². The Morgan fingerprint density at radius 2 is 1.80 bits per heavy atom. The Hall–Kier alpha value is -0.820. The minimum Gasteiger partial charge on any atom is -0.382 e. The van der Waals surface area contributed by atoms with E-state index in [4.69, 9.17) is 9.47 Å². The molecule has 20 heavy (non-hydrogen) atoms. The van der Waals surface area contributed by atoms with Crippen molar-refractivity contribution >= 4 is 5.91 Å². The molecule has 0 atom stereocenters. The van der Waals surface area contributed by atoms with Crippen molar-refractivity contribution < 1.29 is 27.4 Å². The summed E-state index contributed by atoms with van der Waals surface area (Å²) in [5.74, 6) is -0.659. The van der Waals surface area contributed by atoms with Gasteiger partial charge in [-0.25, -0.2) is 0 Å². The van der Waals surface area contributed by atoms with E-state index in [9.17, 15) is 18.0 Å². The second kappa shape index (κ2) is 8.46. The average molecular weight is 299 g/mol. The highest BCUT2D eigenvalue weighted by atomic mass is 19.4. The molecule has 0 saturated carbocycles. The van der Waals surface area contributed by atoms with Crippen LogP contribution in [0.25, 0.3) is 0 Å². The molecule has 4 nitrogen and oxygen atoms in total. The second-order valence-electron chi connectivity index (χ2n) is 5.38. The highest BCUT2D eigenvalue weighted by Crippen LogP contribution is 2.17. The number of carbonyl (C=O) groups excluding carboxylic acids is 1. The first kappa shape index (κ1) is 19.2. The van der Waals surface area contributed by atoms with E-state index in [1.54, 1.807) is 27.7 Å². The zero-order chi connectivity index (χ0) is 15.8. The summed E-state index contributed by atoms with van der Waals surface area (Å²) in [6.45, 7) is 6.25. The second-order valence-corrected chi connectivity index (χ2v) is 5.38. The van der Waals surface area contributed by atoms with Crippen LogP contribution in [0.3, 0.4) is 0 Å². The van der Waals surface area contributed by atoms with Gasteiger partial charge in [-0.15, -0.1) is 0 Å². The Morgan fingerprint density at radius 1 is 1.20 bits per heavy atom. The van der Waals surface area contributed by atoms with E-state index in [1.165, 1.54) is 0 Å². The van der Waals surface area contributed by atoms with Gasteiger partial charge < -0.3 is 14.4 Å². The van der Waals surface area contributed by atoms with Gasteiger partial charge in [0.2, 0.25) is 5.91 Å². The molecule has 0 radical (unpaired) electrons. The Labute approximate surface area is 118 Å². The number of amides is 1. The molecule has 0 saturated heterocycles. The molecule has 0 unspecified atom stereocenters. The van der Waals surface area contributed by atoms with E-state index in [-0.39, 0.29) is 13.2 Å². The van der Waals surface area contributed by atoms with Gasteiger partial charge in [0, 0.05) is 19.8 Å². The Balaban J connectivity index is 4.38. The van der Waals surface area contributed by atoms with Crippen molar-refractivity contribution in [1.82, 2.24) is 4.90 Å².